The third-order valence-corrected chi connectivity index (χ3v) is 4.71. The van der Waals surface area contributed by atoms with Crippen LogP contribution in [0.25, 0.3) is 0 Å². The first-order chi connectivity index (χ1) is 9.35. The molecule has 0 aliphatic heterocycles. The van der Waals surface area contributed by atoms with Crippen molar-refractivity contribution in [1.82, 2.24) is 10.3 Å². The zero-order chi connectivity index (χ0) is 15.0. The summed E-state index contributed by atoms with van der Waals surface area (Å²) in [5, 5.41) is 13.8. The summed E-state index contributed by atoms with van der Waals surface area (Å²) in [6.45, 7) is 5.98. The van der Waals surface area contributed by atoms with Crippen LogP contribution in [0.1, 0.15) is 37.7 Å². The number of hydrogen-bond acceptors (Lipinski definition) is 5. The average molecular weight is 298 g/mol. The zero-order valence-corrected chi connectivity index (χ0v) is 12.5. The summed E-state index contributed by atoms with van der Waals surface area (Å²) in [5.74, 6) is -1.50. The molecular formula is C13H18N2O4S. The second kappa shape index (κ2) is 5.14. The van der Waals surface area contributed by atoms with Crippen LogP contribution >= 0.6 is 11.3 Å². The summed E-state index contributed by atoms with van der Waals surface area (Å²) in [6, 6.07) is 0. The van der Waals surface area contributed by atoms with Gasteiger partial charge in [0.15, 0.2) is 0 Å². The van der Waals surface area contributed by atoms with E-state index in [9.17, 15) is 14.7 Å². The summed E-state index contributed by atoms with van der Waals surface area (Å²) in [4.78, 5) is 27.7. The van der Waals surface area contributed by atoms with Gasteiger partial charge in [0.1, 0.15) is 11.2 Å². The van der Waals surface area contributed by atoms with E-state index in [2.05, 4.69) is 10.3 Å². The van der Waals surface area contributed by atoms with Crippen LogP contribution in [0.3, 0.4) is 0 Å². The van der Waals surface area contributed by atoms with Gasteiger partial charge in [-0.3, -0.25) is 4.79 Å². The molecule has 0 bridgehead atoms. The molecule has 20 heavy (non-hydrogen) atoms. The van der Waals surface area contributed by atoms with Crippen molar-refractivity contribution in [1.29, 1.82) is 0 Å². The predicted octanol–water partition coefficient (Wildman–Crippen LogP) is 1.53. The van der Waals surface area contributed by atoms with Crippen LogP contribution in [0.5, 0.6) is 0 Å². The highest BCUT2D eigenvalue weighted by Gasteiger charge is 2.66. The highest BCUT2D eigenvalue weighted by atomic mass is 32.1. The minimum Gasteiger partial charge on any atom is -0.479 e. The van der Waals surface area contributed by atoms with E-state index >= 15 is 0 Å². The van der Waals surface area contributed by atoms with E-state index < -0.39 is 22.8 Å². The van der Waals surface area contributed by atoms with Gasteiger partial charge < -0.3 is 15.2 Å². The van der Waals surface area contributed by atoms with Crippen molar-refractivity contribution in [2.24, 2.45) is 5.41 Å². The van der Waals surface area contributed by atoms with E-state index in [0.29, 0.717) is 6.61 Å². The molecule has 0 saturated heterocycles. The van der Waals surface area contributed by atoms with Crippen LogP contribution < -0.4 is 5.32 Å². The lowest BCUT2D eigenvalue weighted by Crippen LogP contribution is -2.76. The number of carboxylic acids is 1. The highest BCUT2D eigenvalue weighted by Crippen LogP contribution is 2.51. The third kappa shape index (κ3) is 2.10. The van der Waals surface area contributed by atoms with Gasteiger partial charge in [-0.25, -0.2) is 9.78 Å². The van der Waals surface area contributed by atoms with Gasteiger partial charge in [-0.2, -0.15) is 0 Å². The zero-order valence-electron chi connectivity index (χ0n) is 11.7. The average Bonchev–Trinajstić information content (AvgIpc) is 2.90. The minimum absolute atomic E-state index is 0.181. The molecule has 1 aliphatic rings. The number of aliphatic carboxylic acids is 1. The molecule has 2 atom stereocenters. The van der Waals surface area contributed by atoms with Crippen molar-refractivity contribution in [2.45, 2.75) is 38.8 Å². The second-order valence-corrected chi connectivity index (χ2v) is 6.13. The Balaban J connectivity index is 2.21. The number of thiazole rings is 1. The lowest BCUT2D eigenvalue weighted by Gasteiger charge is -2.58. The molecule has 2 N–H and O–H groups in total. The number of rotatable bonds is 5. The molecule has 7 heteroatoms. The first-order valence-electron chi connectivity index (χ1n) is 6.41. The second-order valence-electron chi connectivity index (χ2n) is 5.41. The molecule has 1 aliphatic carbocycles. The van der Waals surface area contributed by atoms with Crippen molar-refractivity contribution in [2.75, 3.05) is 6.61 Å². The molecule has 1 aromatic heterocycles. The molecule has 0 spiro atoms. The van der Waals surface area contributed by atoms with E-state index in [-0.39, 0.29) is 18.2 Å². The van der Waals surface area contributed by atoms with Crippen molar-refractivity contribution in [3.8, 4) is 0 Å². The Bertz CT molecular complexity index is 514. The van der Waals surface area contributed by atoms with Gasteiger partial charge in [-0.05, 0) is 6.92 Å². The molecule has 6 nitrogen and oxygen atoms in total. The van der Waals surface area contributed by atoms with Gasteiger partial charge in [-0.15, -0.1) is 11.3 Å². The maximum Gasteiger partial charge on any atom is 0.330 e. The van der Waals surface area contributed by atoms with Crippen LogP contribution in [-0.2, 0) is 9.53 Å². The van der Waals surface area contributed by atoms with Gasteiger partial charge in [-0.1, -0.05) is 13.8 Å². The van der Waals surface area contributed by atoms with E-state index in [4.69, 9.17) is 4.74 Å². The van der Waals surface area contributed by atoms with E-state index in [0.717, 1.165) is 0 Å². The van der Waals surface area contributed by atoms with Crippen LogP contribution in [0.4, 0.5) is 0 Å². The Labute approximate surface area is 121 Å². The van der Waals surface area contributed by atoms with Crippen LogP contribution in [-0.4, -0.2) is 40.2 Å². The summed E-state index contributed by atoms with van der Waals surface area (Å²) in [5.41, 5.74) is -0.211. The molecule has 1 fully saturated rings. The number of nitrogens with one attached hydrogen (secondary N) is 1. The number of ether oxygens (including phenoxy) is 1. The summed E-state index contributed by atoms with van der Waals surface area (Å²) in [7, 11) is 0. The molecule has 2 rings (SSSR count). The third-order valence-electron chi connectivity index (χ3n) is 4.12. The fraction of sp³-hybridized carbons (Fsp3) is 0.615. The highest BCUT2D eigenvalue weighted by molar-refractivity contribution is 7.07. The molecule has 0 radical (unpaired) electrons. The van der Waals surface area contributed by atoms with Gasteiger partial charge in [0, 0.05) is 23.8 Å². The summed E-state index contributed by atoms with van der Waals surface area (Å²) >= 11 is 1.29. The standard InChI is InChI=1S/C13H18N2O4S/c1-4-19-9-5-13(11(17)18,12(9,2)3)15-10(16)8-6-20-7-14-8/h6-7,9H,4-5H2,1-3H3,(H,15,16)(H,17,18)/t9-,13-/m0/s1. The van der Waals surface area contributed by atoms with Crippen molar-refractivity contribution in [3.63, 3.8) is 0 Å². The Morgan fingerprint density at radius 3 is 2.75 bits per heavy atom. The lowest BCUT2D eigenvalue weighted by atomic mass is 9.54. The Morgan fingerprint density at radius 2 is 2.30 bits per heavy atom. The molecule has 0 unspecified atom stereocenters. The van der Waals surface area contributed by atoms with Crippen molar-refractivity contribution in [3.05, 3.63) is 16.6 Å². The minimum atomic E-state index is -1.31. The van der Waals surface area contributed by atoms with Crippen molar-refractivity contribution < 1.29 is 19.4 Å². The van der Waals surface area contributed by atoms with E-state index in [1.165, 1.54) is 16.8 Å². The molecule has 1 saturated carbocycles. The van der Waals surface area contributed by atoms with Gasteiger partial charge in [0.2, 0.25) is 0 Å². The van der Waals surface area contributed by atoms with E-state index in [1.54, 1.807) is 19.2 Å². The normalized spacial score (nSPS) is 27.6. The first-order valence-corrected chi connectivity index (χ1v) is 7.35. The van der Waals surface area contributed by atoms with Gasteiger partial charge in [0.25, 0.3) is 5.91 Å². The predicted molar refractivity (Wildman–Crippen MR) is 73.8 cm³/mol. The molecule has 1 amide bonds. The molecule has 110 valence electrons. The lowest BCUT2D eigenvalue weighted by molar-refractivity contribution is -0.190. The van der Waals surface area contributed by atoms with Gasteiger partial charge >= 0.3 is 5.97 Å². The number of hydrogen-bond donors (Lipinski definition) is 2. The first kappa shape index (κ1) is 14.9. The SMILES string of the molecule is CCO[C@H]1C[C@](NC(=O)c2cscn2)(C(=O)O)C1(C)C. The van der Waals surface area contributed by atoms with Crippen molar-refractivity contribution >= 4 is 23.2 Å². The number of carbonyl (C=O) groups excluding carboxylic acids is 1. The number of aromatic nitrogens is 1. The topological polar surface area (TPSA) is 88.5 Å². The Morgan fingerprint density at radius 1 is 1.60 bits per heavy atom. The number of nitrogens with zero attached hydrogens (tertiary/aromatic N) is 1. The molecule has 1 heterocycles. The smallest absolute Gasteiger partial charge is 0.330 e. The molecular weight excluding hydrogens is 280 g/mol. The fourth-order valence-electron chi connectivity index (χ4n) is 2.62. The van der Waals surface area contributed by atoms with Gasteiger partial charge in [0.05, 0.1) is 11.6 Å². The summed E-state index contributed by atoms with van der Waals surface area (Å²) in [6.07, 6.45) is 0.0818. The maximum absolute atomic E-state index is 12.1. The fourth-order valence-corrected chi connectivity index (χ4v) is 3.15. The van der Waals surface area contributed by atoms with Crippen LogP contribution in [0.2, 0.25) is 0 Å². The number of carboxylic acid groups (broad SMARTS) is 1. The van der Waals surface area contributed by atoms with Crippen LogP contribution in [0, 0.1) is 5.41 Å². The Hall–Kier alpha value is -1.47. The molecule has 1 aromatic rings. The maximum atomic E-state index is 12.1. The monoisotopic (exact) mass is 298 g/mol. The molecule has 0 aromatic carbocycles. The van der Waals surface area contributed by atoms with Crippen LogP contribution in [0.15, 0.2) is 10.9 Å². The summed E-state index contributed by atoms with van der Waals surface area (Å²) < 4.78 is 5.54. The number of carbonyl (C=O) groups is 2. The van der Waals surface area contributed by atoms with E-state index in [1.807, 2.05) is 6.92 Å². The Kier molecular flexibility index (Phi) is 3.84. The largest absolute Gasteiger partial charge is 0.479 e. The number of amides is 1. The quantitative estimate of drug-likeness (QED) is 0.860.